The first-order chi connectivity index (χ1) is 8.66. The van der Waals surface area contributed by atoms with Gasteiger partial charge in [0.25, 0.3) is 0 Å². The summed E-state index contributed by atoms with van der Waals surface area (Å²) in [7, 11) is 1.78. The van der Waals surface area contributed by atoms with Gasteiger partial charge in [0.2, 0.25) is 0 Å². The van der Waals surface area contributed by atoms with Crippen LogP contribution >= 0.6 is 11.8 Å². The monoisotopic (exact) mass is 275 g/mol. The lowest BCUT2D eigenvalue weighted by molar-refractivity contribution is -0.131. The Morgan fingerprint density at radius 2 is 1.94 bits per heavy atom. The Kier molecular flexibility index (Phi) is 6.99. The molecule has 4 heteroatoms. The highest BCUT2D eigenvalue weighted by Crippen LogP contribution is 2.32. The van der Waals surface area contributed by atoms with E-state index in [-0.39, 0.29) is 12.2 Å². The smallest absolute Gasteiger partial charge is 0.0986 e. The molecule has 3 unspecified atom stereocenters. The van der Waals surface area contributed by atoms with Crippen LogP contribution in [0.4, 0.5) is 0 Å². The first-order valence-electron chi connectivity index (χ1n) is 7.09. The van der Waals surface area contributed by atoms with Gasteiger partial charge < -0.3 is 14.8 Å². The number of hydrogen-bond acceptors (Lipinski definition) is 4. The minimum atomic E-state index is 0.221. The number of thioether (sulfide) groups is 1. The van der Waals surface area contributed by atoms with Gasteiger partial charge in [-0.05, 0) is 32.4 Å². The third-order valence-electron chi connectivity index (χ3n) is 4.31. The predicted molar refractivity (Wildman–Crippen MR) is 79.4 cm³/mol. The van der Waals surface area contributed by atoms with E-state index in [0.29, 0.717) is 10.8 Å². The highest BCUT2D eigenvalue weighted by atomic mass is 32.2. The second kappa shape index (κ2) is 7.73. The van der Waals surface area contributed by atoms with E-state index in [2.05, 4.69) is 25.4 Å². The third-order valence-corrected chi connectivity index (χ3v) is 5.90. The second-order valence-electron chi connectivity index (χ2n) is 5.01. The Morgan fingerprint density at radius 3 is 2.39 bits per heavy atom. The van der Waals surface area contributed by atoms with Crippen molar-refractivity contribution in [3.8, 4) is 0 Å². The molecular weight excluding hydrogens is 246 g/mol. The zero-order chi connectivity index (χ0) is 13.6. The van der Waals surface area contributed by atoms with Crippen LogP contribution < -0.4 is 5.32 Å². The lowest BCUT2D eigenvalue weighted by Gasteiger charge is -2.45. The summed E-state index contributed by atoms with van der Waals surface area (Å²) >= 11 is 1.98. The summed E-state index contributed by atoms with van der Waals surface area (Å²) in [5.41, 5.74) is 0. The van der Waals surface area contributed by atoms with Crippen molar-refractivity contribution in [1.82, 2.24) is 5.32 Å². The summed E-state index contributed by atoms with van der Waals surface area (Å²) < 4.78 is 11.6. The highest BCUT2D eigenvalue weighted by molar-refractivity contribution is 8.00. The molecule has 1 rings (SSSR count). The van der Waals surface area contributed by atoms with Crippen LogP contribution in [0.1, 0.15) is 40.0 Å². The Morgan fingerprint density at radius 1 is 1.28 bits per heavy atom. The number of ether oxygens (including phenoxy) is 2. The summed E-state index contributed by atoms with van der Waals surface area (Å²) in [5.74, 6) is 0. The van der Waals surface area contributed by atoms with E-state index < -0.39 is 0 Å². The van der Waals surface area contributed by atoms with Crippen molar-refractivity contribution >= 4 is 11.8 Å². The van der Waals surface area contributed by atoms with Gasteiger partial charge in [0.15, 0.2) is 0 Å². The third kappa shape index (κ3) is 3.62. The number of methoxy groups -OCH3 is 1. The molecule has 1 N–H and O–H groups in total. The Bertz CT molecular complexity index is 226. The Balaban J connectivity index is 2.40. The molecule has 0 aromatic carbocycles. The molecule has 0 radical (unpaired) electrons. The van der Waals surface area contributed by atoms with E-state index in [1.165, 1.54) is 12.8 Å². The van der Waals surface area contributed by atoms with Gasteiger partial charge in [-0.3, -0.25) is 0 Å². The van der Waals surface area contributed by atoms with Crippen LogP contribution in [0.3, 0.4) is 0 Å². The fourth-order valence-electron chi connectivity index (χ4n) is 2.65. The summed E-state index contributed by atoms with van der Waals surface area (Å²) in [6.07, 6.45) is 6.20. The first kappa shape index (κ1) is 16.3. The van der Waals surface area contributed by atoms with Gasteiger partial charge in [0.1, 0.15) is 0 Å². The van der Waals surface area contributed by atoms with E-state index in [0.717, 1.165) is 19.6 Å². The van der Waals surface area contributed by atoms with Gasteiger partial charge in [-0.2, -0.15) is 11.8 Å². The fourth-order valence-corrected chi connectivity index (χ4v) is 3.46. The molecule has 3 atom stereocenters. The zero-order valence-corrected chi connectivity index (χ0v) is 13.3. The topological polar surface area (TPSA) is 30.5 Å². The van der Waals surface area contributed by atoms with Crippen LogP contribution in [0.25, 0.3) is 0 Å². The van der Waals surface area contributed by atoms with Crippen LogP contribution in [-0.4, -0.2) is 49.5 Å². The van der Waals surface area contributed by atoms with Gasteiger partial charge in [0, 0.05) is 31.1 Å². The highest BCUT2D eigenvalue weighted by Gasteiger charge is 2.42. The zero-order valence-electron chi connectivity index (χ0n) is 12.5. The van der Waals surface area contributed by atoms with Crippen molar-refractivity contribution in [3.63, 3.8) is 0 Å². The summed E-state index contributed by atoms with van der Waals surface area (Å²) in [4.78, 5) is 0. The molecule has 0 amide bonds. The van der Waals surface area contributed by atoms with Crippen LogP contribution in [0, 0.1) is 0 Å². The van der Waals surface area contributed by atoms with Crippen molar-refractivity contribution < 1.29 is 9.47 Å². The van der Waals surface area contributed by atoms with E-state index in [9.17, 15) is 0 Å². The minimum absolute atomic E-state index is 0.221. The van der Waals surface area contributed by atoms with E-state index in [4.69, 9.17) is 9.47 Å². The first-order valence-corrected chi connectivity index (χ1v) is 8.31. The Hall–Kier alpha value is 0.230. The van der Waals surface area contributed by atoms with Crippen molar-refractivity contribution in [2.24, 2.45) is 0 Å². The summed E-state index contributed by atoms with van der Waals surface area (Å²) in [5, 5.41) is 3.68. The SMILES string of the molecule is CCOC1CC(NCC(CC)(CC)SC)C1OC. The van der Waals surface area contributed by atoms with Gasteiger partial charge in [-0.1, -0.05) is 13.8 Å². The minimum Gasteiger partial charge on any atom is -0.377 e. The van der Waals surface area contributed by atoms with Gasteiger partial charge >= 0.3 is 0 Å². The second-order valence-corrected chi connectivity index (χ2v) is 6.29. The van der Waals surface area contributed by atoms with Crippen molar-refractivity contribution in [2.45, 2.75) is 63.0 Å². The molecule has 0 aliphatic heterocycles. The molecule has 0 spiro atoms. The van der Waals surface area contributed by atoms with Crippen LogP contribution in [0.15, 0.2) is 0 Å². The predicted octanol–water partition coefficient (Wildman–Crippen LogP) is 2.69. The molecule has 0 aromatic rings. The summed E-state index contributed by atoms with van der Waals surface area (Å²) in [6, 6.07) is 0.455. The lowest BCUT2D eigenvalue weighted by atomic mass is 9.84. The van der Waals surface area contributed by atoms with Crippen LogP contribution in [0.2, 0.25) is 0 Å². The van der Waals surface area contributed by atoms with E-state index in [1.54, 1.807) is 7.11 Å². The molecule has 1 aliphatic carbocycles. The molecule has 18 heavy (non-hydrogen) atoms. The molecule has 1 fully saturated rings. The molecule has 0 saturated heterocycles. The summed E-state index contributed by atoms with van der Waals surface area (Å²) in [6.45, 7) is 8.43. The molecule has 3 nitrogen and oxygen atoms in total. The van der Waals surface area contributed by atoms with E-state index in [1.807, 2.05) is 18.7 Å². The normalized spacial score (nSPS) is 28.2. The molecular formula is C14H29NO2S. The molecule has 1 saturated carbocycles. The maximum atomic E-state index is 5.65. The molecule has 0 bridgehead atoms. The molecule has 1 aliphatic rings. The van der Waals surface area contributed by atoms with Gasteiger partial charge in [-0.25, -0.2) is 0 Å². The van der Waals surface area contributed by atoms with Crippen molar-refractivity contribution in [2.75, 3.05) is 26.5 Å². The quantitative estimate of drug-likeness (QED) is 0.701. The standard InChI is InChI=1S/C14H29NO2S/c1-6-14(7-2,18-5)10-15-11-9-12(17-8-3)13(11)16-4/h11-13,15H,6-10H2,1-5H3. The maximum absolute atomic E-state index is 5.65. The number of nitrogens with one attached hydrogen (secondary N) is 1. The van der Waals surface area contributed by atoms with Gasteiger partial charge in [0.05, 0.1) is 12.2 Å². The average molecular weight is 275 g/mol. The van der Waals surface area contributed by atoms with E-state index >= 15 is 0 Å². The Labute approximate surface area is 116 Å². The fraction of sp³-hybridized carbons (Fsp3) is 1.00. The van der Waals surface area contributed by atoms with Crippen molar-refractivity contribution in [3.05, 3.63) is 0 Å². The van der Waals surface area contributed by atoms with Crippen LogP contribution in [-0.2, 0) is 9.47 Å². The molecule has 0 aromatic heterocycles. The molecule has 0 heterocycles. The lowest BCUT2D eigenvalue weighted by Crippen LogP contribution is -2.61. The van der Waals surface area contributed by atoms with Crippen molar-refractivity contribution in [1.29, 1.82) is 0 Å². The molecule has 108 valence electrons. The number of hydrogen-bond donors (Lipinski definition) is 1. The van der Waals surface area contributed by atoms with Gasteiger partial charge in [-0.15, -0.1) is 0 Å². The average Bonchev–Trinajstić information content (AvgIpc) is 2.38. The largest absolute Gasteiger partial charge is 0.377 e. The maximum Gasteiger partial charge on any atom is 0.0986 e. The van der Waals surface area contributed by atoms with Crippen LogP contribution in [0.5, 0.6) is 0 Å². The number of rotatable bonds is 9.